The van der Waals surface area contributed by atoms with Crippen molar-refractivity contribution in [3.63, 3.8) is 0 Å². The fourth-order valence-corrected chi connectivity index (χ4v) is 1.48. The molecule has 0 aliphatic rings. The number of nitrogens with one attached hydrogen (secondary N) is 1. The zero-order valence-electron chi connectivity index (χ0n) is 11.2. The molecule has 9 nitrogen and oxygen atoms in total. The molecule has 2 aromatic heterocycles. The molecule has 106 valence electrons. The van der Waals surface area contributed by atoms with Gasteiger partial charge in [0.2, 0.25) is 5.91 Å². The van der Waals surface area contributed by atoms with Crippen LogP contribution in [0.1, 0.15) is 23.8 Å². The highest BCUT2D eigenvalue weighted by molar-refractivity contribution is 5.89. The van der Waals surface area contributed by atoms with E-state index in [0.29, 0.717) is 23.6 Å². The van der Waals surface area contributed by atoms with Gasteiger partial charge < -0.3 is 11.1 Å². The van der Waals surface area contributed by atoms with Crippen LogP contribution >= 0.6 is 0 Å². The van der Waals surface area contributed by atoms with Gasteiger partial charge in [0.05, 0.1) is 23.8 Å². The molecule has 0 bridgehead atoms. The second kappa shape index (κ2) is 5.51. The fraction of sp³-hybridized carbons (Fsp3) is 0.364. The maximum atomic E-state index is 11.9. The smallest absolute Gasteiger partial charge is 0.268 e. The van der Waals surface area contributed by atoms with Crippen molar-refractivity contribution in [1.29, 1.82) is 0 Å². The first-order chi connectivity index (χ1) is 9.49. The molecule has 2 heterocycles. The SMILES string of the molecule is CCC(=O)Nc1cn(CC(=O)n2cc(N)c(C)n2)nn1. The summed E-state index contributed by atoms with van der Waals surface area (Å²) in [7, 11) is 0. The molecule has 0 aliphatic carbocycles. The summed E-state index contributed by atoms with van der Waals surface area (Å²) in [5.74, 6) is -0.164. The van der Waals surface area contributed by atoms with Crippen molar-refractivity contribution in [3.8, 4) is 0 Å². The quantitative estimate of drug-likeness (QED) is 0.814. The van der Waals surface area contributed by atoms with Crippen LogP contribution in [-0.4, -0.2) is 36.6 Å². The Labute approximate surface area is 114 Å². The molecule has 0 aromatic carbocycles. The minimum absolute atomic E-state index is 0.0461. The number of carbonyl (C=O) groups excluding carboxylic acids is 2. The second-order valence-corrected chi connectivity index (χ2v) is 4.21. The molecule has 0 saturated heterocycles. The number of rotatable bonds is 4. The number of aromatic nitrogens is 5. The minimum Gasteiger partial charge on any atom is -0.396 e. The van der Waals surface area contributed by atoms with Gasteiger partial charge in [0.25, 0.3) is 5.91 Å². The van der Waals surface area contributed by atoms with E-state index in [2.05, 4.69) is 20.7 Å². The van der Waals surface area contributed by atoms with E-state index in [1.54, 1.807) is 13.8 Å². The van der Waals surface area contributed by atoms with Crippen molar-refractivity contribution in [2.45, 2.75) is 26.8 Å². The molecule has 0 fully saturated rings. The standard InChI is InChI=1S/C11H15N7O2/c1-3-10(19)13-9-5-17(16-14-9)6-11(20)18-4-8(12)7(2)15-18/h4-5H,3,6,12H2,1-2H3,(H,13,19). The summed E-state index contributed by atoms with van der Waals surface area (Å²) in [4.78, 5) is 23.1. The molecule has 20 heavy (non-hydrogen) atoms. The fourth-order valence-electron chi connectivity index (χ4n) is 1.48. The maximum Gasteiger partial charge on any atom is 0.268 e. The lowest BCUT2D eigenvalue weighted by Gasteiger charge is -1.99. The normalized spacial score (nSPS) is 10.5. The predicted molar refractivity (Wildman–Crippen MR) is 70.9 cm³/mol. The first kappa shape index (κ1) is 13.7. The zero-order chi connectivity index (χ0) is 14.7. The van der Waals surface area contributed by atoms with E-state index < -0.39 is 0 Å². The van der Waals surface area contributed by atoms with Gasteiger partial charge in [-0.15, -0.1) is 5.10 Å². The van der Waals surface area contributed by atoms with Gasteiger partial charge in [-0.1, -0.05) is 12.1 Å². The van der Waals surface area contributed by atoms with Gasteiger partial charge >= 0.3 is 0 Å². The van der Waals surface area contributed by atoms with E-state index in [1.807, 2.05) is 0 Å². The molecule has 2 aromatic rings. The summed E-state index contributed by atoms with van der Waals surface area (Å²) in [6.45, 7) is 3.40. The Bertz CT molecular complexity index is 623. The van der Waals surface area contributed by atoms with Crippen LogP contribution in [0.25, 0.3) is 0 Å². The average Bonchev–Trinajstić information content (AvgIpc) is 2.97. The molecule has 0 aliphatic heterocycles. The van der Waals surface area contributed by atoms with Gasteiger partial charge in [-0.3, -0.25) is 9.59 Å². The number of hydrogen-bond acceptors (Lipinski definition) is 6. The van der Waals surface area contributed by atoms with Crippen molar-refractivity contribution in [2.24, 2.45) is 0 Å². The van der Waals surface area contributed by atoms with Gasteiger partial charge in [-0.25, -0.2) is 9.36 Å². The van der Waals surface area contributed by atoms with Gasteiger partial charge in [0, 0.05) is 6.42 Å². The Morgan fingerprint density at radius 3 is 2.75 bits per heavy atom. The van der Waals surface area contributed by atoms with Crippen LogP contribution in [0.3, 0.4) is 0 Å². The highest BCUT2D eigenvalue weighted by Gasteiger charge is 2.11. The van der Waals surface area contributed by atoms with Crippen LogP contribution in [-0.2, 0) is 11.3 Å². The number of nitrogens with two attached hydrogens (primary N) is 1. The van der Waals surface area contributed by atoms with Crippen LogP contribution in [0.4, 0.5) is 11.5 Å². The molecular formula is C11H15N7O2. The number of hydrogen-bond donors (Lipinski definition) is 2. The Morgan fingerprint density at radius 2 is 2.15 bits per heavy atom. The summed E-state index contributed by atoms with van der Waals surface area (Å²) < 4.78 is 2.48. The van der Waals surface area contributed by atoms with E-state index in [1.165, 1.54) is 17.1 Å². The third-order valence-electron chi connectivity index (χ3n) is 2.62. The van der Waals surface area contributed by atoms with Gasteiger partial charge in [-0.05, 0) is 6.92 Å². The second-order valence-electron chi connectivity index (χ2n) is 4.21. The molecule has 0 spiro atoms. The number of nitrogens with zero attached hydrogens (tertiary/aromatic N) is 5. The molecule has 2 rings (SSSR count). The van der Waals surface area contributed by atoms with E-state index in [-0.39, 0.29) is 18.4 Å². The molecule has 0 radical (unpaired) electrons. The molecule has 0 unspecified atom stereocenters. The van der Waals surface area contributed by atoms with Crippen molar-refractivity contribution in [3.05, 3.63) is 18.1 Å². The highest BCUT2D eigenvalue weighted by atomic mass is 16.2. The lowest BCUT2D eigenvalue weighted by molar-refractivity contribution is -0.115. The number of anilines is 2. The van der Waals surface area contributed by atoms with Gasteiger partial charge in [0.1, 0.15) is 6.54 Å². The maximum absolute atomic E-state index is 11.9. The van der Waals surface area contributed by atoms with E-state index >= 15 is 0 Å². The predicted octanol–water partition coefficient (Wildman–Crippen LogP) is 0.0541. The van der Waals surface area contributed by atoms with Crippen molar-refractivity contribution in [1.82, 2.24) is 24.8 Å². The number of nitrogen functional groups attached to an aromatic ring is 1. The molecular weight excluding hydrogens is 262 g/mol. The Hall–Kier alpha value is -2.71. The Kier molecular flexibility index (Phi) is 3.78. The number of carbonyl (C=O) groups is 2. The summed E-state index contributed by atoms with van der Waals surface area (Å²) in [5.41, 5.74) is 6.67. The van der Waals surface area contributed by atoms with Gasteiger partial charge in [0.15, 0.2) is 5.82 Å². The van der Waals surface area contributed by atoms with Crippen LogP contribution in [0, 0.1) is 6.92 Å². The summed E-state index contributed by atoms with van der Waals surface area (Å²) in [6, 6.07) is 0. The van der Waals surface area contributed by atoms with Crippen LogP contribution < -0.4 is 11.1 Å². The molecule has 0 saturated carbocycles. The summed E-state index contributed by atoms with van der Waals surface area (Å²) >= 11 is 0. The number of amides is 1. The minimum atomic E-state index is -0.303. The van der Waals surface area contributed by atoms with Gasteiger partial charge in [-0.2, -0.15) is 5.10 Å². The number of aryl methyl sites for hydroxylation is 1. The first-order valence-corrected chi connectivity index (χ1v) is 6.04. The molecule has 9 heteroatoms. The summed E-state index contributed by atoms with van der Waals surface area (Å²) in [5, 5.41) is 14.0. The largest absolute Gasteiger partial charge is 0.396 e. The lowest BCUT2D eigenvalue weighted by Crippen LogP contribution is -2.19. The van der Waals surface area contributed by atoms with Crippen LogP contribution in [0.2, 0.25) is 0 Å². The Balaban J connectivity index is 2.03. The molecule has 0 atom stereocenters. The lowest BCUT2D eigenvalue weighted by atomic mass is 10.4. The average molecular weight is 277 g/mol. The Morgan fingerprint density at radius 1 is 1.40 bits per heavy atom. The topological polar surface area (TPSA) is 121 Å². The third kappa shape index (κ3) is 2.99. The summed E-state index contributed by atoms with van der Waals surface area (Å²) in [6.07, 6.45) is 3.27. The van der Waals surface area contributed by atoms with Crippen molar-refractivity contribution < 1.29 is 9.59 Å². The highest BCUT2D eigenvalue weighted by Crippen LogP contribution is 2.07. The van der Waals surface area contributed by atoms with E-state index in [9.17, 15) is 9.59 Å². The van der Waals surface area contributed by atoms with E-state index in [4.69, 9.17) is 5.73 Å². The van der Waals surface area contributed by atoms with Crippen molar-refractivity contribution >= 4 is 23.3 Å². The van der Waals surface area contributed by atoms with Crippen LogP contribution in [0.15, 0.2) is 12.4 Å². The zero-order valence-corrected chi connectivity index (χ0v) is 11.2. The van der Waals surface area contributed by atoms with Crippen LogP contribution in [0.5, 0.6) is 0 Å². The molecule has 3 N–H and O–H groups in total. The molecule has 1 amide bonds. The first-order valence-electron chi connectivity index (χ1n) is 6.04. The third-order valence-corrected chi connectivity index (χ3v) is 2.62. The monoisotopic (exact) mass is 277 g/mol. The van der Waals surface area contributed by atoms with E-state index in [0.717, 1.165) is 4.68 Å². The van der Waals surface area contributed by atoms with Crippen molar-refractivity contribution in [2.75, 3.05) is 11.1 Å².